The van der Waals surface area contributed by atoms with E-state index in [-0.39, 0.29) is 5.91 Å². The molecule has 0 saturated heterocycles. The molecule has 0 atom stereocenters. The molecule has 0 spiro atoms. The molecule has 0 aromatic carbocycles. The minimum absolute atomic E-state index is 0.0499. The van der Waals surface area contributed by atoms with Crippen molar-refractivity contribution in [1.29, 1.82) is 0 Å². The van der Waals surface area contributed by atoms with Crippen LogP contribution in [0, 0.1) is 0 Å². The molecule has 15 heavy (non-hydrogen) atoms. The Morgan fingerprint density at radius 3 is 2.47 bits per heavy atom. The first kappa shape index (κ1) is 14.8. The van der Waals surface area contributed by atoms with Gasteiger partial charge in [0.2, 0.25) is 5.91 Å². The fourth-order valence-corrected chi connectivity index (χ4v) is 1.79. The van der Waals surface area contributed by atoms with E-state index in [4.69, 9.17) is 0 Å². The number of unbranched alkanes of at least 4 members (excludes halogenated alkanes) is 3. The molecule has 0 radical (unpaired) electrons. The molecule has 0 saturated carbocycles. The average Bonchev–Trinajstić information content (AvgIpc) is 2.20. The van der Waals surface area contributed by atoms with Gasteiger partial charge in [-0.2, -0.15) is 11.8 Å². The van der Waals surface area contributed by atoms with Crippen molar-refractivity contribution >= 4 is 17.7 Å². The van der Waals surface area contributed by atoms with E-state index in [9.17, 15) is 4.79 Å². The number of hydrogen-bond acceptors (Lipinski definition) is 3. The summed E-state index contributed by atoms with van der Waals surface area (Å²) in [6, 6.07) is 0. The maximum atomic E-state index is 10.5. The van der Waals surface area contributed by atoms with E-state index in [0.717, 1.165) is 19.6 Å². The van der Waals surface area contributed by atoms with Gasteiger partial charge in [0.25, 0.3) is 0 Å². The first-order chi connectivity index (χ1) is 7.27. The summed E-state index contributed by atoms with van der Waals surface area (Å²) in [6.45, 7) is 4.23. The second-order valence-corrected chi connectivity index (χ2v) is 4.63. The zero-order valence-electron chi connectivity index (χ0n) is 9.97. The molecule has 0 rings (SSSR count). The molecule has 0 heterocycles. The third kappa shape index (κ3) is 13.8. The quantitative estimate of drug-likeness (QED) is 0.563. The Hall–Kier alpha value is -0.220. The number of hydrogen-bond donors (Lipinski definition) is 2. The monoisotopic (exact) mass is 232 g/mol. The van der Waals surface area contributed by atoms with Gasteiger partial charge in [0.15, 0.2) is 0 Å². The number of nitrogens with one attached hydrogen (secondary N) is 2. The average molecular weight is 232 g/mol. The molecule has 2 N–H and O–H groups in total. The number of carbonyl (C=O) groups excluding carboxylic acids is 1. The van der Waals surface area contributed by atoms with Crippen LogP contribution in [0.3, 0.4) is 0 Å². The molecule has 0 aliphatic heterocycles. The summed E-state index contributed by atoms with van der Waals surface area (Å²) in [6.07, 6.45) is 7.40. The molecule has 90 valence electrons. The van der Waals surface area contributed by atoms with E-state index in [1.807, 2.05) is 11.8 Å². The third-order valence-corrected chi connectivity index (χ3v) is 2.82. The lowest BCUT2D eigenvalue weighted by Crippen LogP contribution is -2.30. The Morgan fingerprint density at radius 1 is 1.07 bits per heavy atom. The first-order valence-electron chi connectivity index (χ1n) is 5.71. The summed E-state index contributed by atoms with van der Waals surface area (Å²) < 4.78 is 0. The van der Waals surface area contributed by atoms with Crippen LogP contribution >= 0.6 is 11.8 Å². The molecule has 0 aliphatic rings. The Balaban J connectivity index is 2.89. The highest BCUT2D eigenvalue weighted by molar-refractivity contribution is 7.98. The summed E-state index contributed by atoms with van der Waals surface area (Å²) in [5, 5.41) is 6.07. The van der Waals surface area contributed by atoms with E-state index < -0.39 is 0 Å². The third-order valence-electron chi connectivity index (χ3n) is 2.13. The molecule has 0 unspecified atom stereocenters. The summed E-state index contributed by atoms with van der Waals surface area (Å²) >= 11 is 1.92. The number of rotatable bonds is 10. The van der Waals surface area contributed by atoms with Crippen LogP contribution in [0.5, 0.6) is 0 Å². The van der Waals surface area contributed by atoms with Gasteiger partial charge < -0.3 is 10.6 Å². The van der Waals surface area contributed by atoms with E-state index >= 15 is 0 Å². The zero-order chi connectivity index (χ0) is 11.4. The molecule has 0 bridgehead atoms. The van der Waals surface area contributed by atoms with Gasteiger partial charge >= 0.3 is 0 Å². The van der Waals surface area contributed by atoms with Crippen molar-refractivity contribution in [2.45, 2.75) is 32.6 Å². The van der Waals surface area contributed by atoms with Gasteiger partial charge in [0.1, 0.15) is 0 Å². The predicted molar refractivity (Wildman–Crippen MR) is 68.4 cm³/mol. The molecule has 3 nitrogen and oxygen atoms in total. The highest BCUT2D eigenvalue weighted by Gasteiger charge is 1.91. The summed E-state index contributed by atoms with van der Waals surface area (Å²) in [7, 11) is 0. The lowest BCUT2D eigenvalue weighted by molar-refractivity contribution is -0.118. The molecule has 1 amide bonds. The predicted octanol–water partition coefficient (Wildman–Crippen LogP) is 1.64. The van der Waals surface area contributed by atoms with E-state index in [2.05, 4.69) is 16.9 Å². The summed E-state index contributed by atoms with van der Waals surface area (Å²) in [5.41, 5.74) is 0. The van der Waals surface area contributed by atoms with E-state index in [0.29, 0.717) is 0 Å². The van der Waals surface area contributed by atoms with Crippen LogP contribution in [-0.2, 0) is 4.79 Å². The fraction of sp³-hybridized carbons (Fsp3) is 0.909. The maximum Gasteiger partial charge on any atom is 0.216 e. The van der Waals surface area contributed by atoms with Gasteiger partial charge in [-0.3, -0.25) is 4.79 Å². The Bertz CT molecular complexity index is 154. The Kier molecular flexibility index (Phi) is 11.7. The molecule has 0 aliphatic carbocycles. The van der Waals surface area contributed by atoms with Crippen molar-refractivity contribution in [2.24, 2.45) is 0 Å². The van der Waals surface area contributed by atoms with Crippen molar-refractivity contribution in [3.05, 3.63) is 0 Å². The highest BCUT2D eigenvalue weighted by atomic mass is 32.2. The SMILES string of the molecule is CSCCCCCCNCCNC(C)=O. The zero-order valence-corrected chi connectivity index (χ0v) is 10.8. The number of amides is 1. The highest BCUT2D eigenvalue weighted by Crippen LogP contribution is 2.03. The summed E-state index contributed by atoms with van der Waals surface area (Å²) in [4.78, 5) is 10.5. The van der Waals surface area contributed by atoms with E-state index in [1.165, 1.54) is 31.4 Å². The van der Waals surface area contributed by atoms with Gasteiger partial charge in [-0.15, -0.1) is 0 Å². The van der Waals surface area contributed by atoms with Crippen molar-refractivity contribution in [2.75, 3.05) is 31.6 Å². The molecule has 4 heteroatoms. The molecule has 0 aromatic heterocycles. The van der Waals surface area contributed by atoms with Crippen LogP contribution in [0.25, 0.3) is 0 Å². The lowest BCUT2D eigenvalue weighted by Gasteiger charge is -2.05. The minimum Gasteiger partial charge on any atom is -0.355 e. The normalized spacial score (nSPS) is 10.3. The van der Waals surface area contributed by atoms with Crippen molar-refractivity contribution in [1.82, 2.24) is 10.6 Å². The first-order valence-corrected chi connectivity index (χ1v) is 7.11. The van der Waals surface area contributed by atoms with E-state index in [1.54, 1.807) is 6.92 Å². The Labute approximate surface area is 97.8 Å². The van der Waals surface area contributed by atoms with Crippen LogP contribution in [-0.4, -0.2) is 37.6 Å². The fourth-order valence-electron chi connectivity index (χ4n) is 1.30. The minimum atomic E-state index is 0.0499. The standard InChI is InChI=1S/C11H24N2OS/c1-11(14)13-9-8-12-7-5-3-4-6-10-15-2/h12H,3-10H2,1-2H3,(H,13,14). The Morgan fingerprint density at radius 2 is 1.80 bits per heavy atom. The van der Waals surface area contributed by atoms with Gasteiger partial charge in [-0.1, -0.05) is 12.8 Å². The van der Waals surface area contributed by atoms with Crippen LogP contribution in [0.1, 0.15) is 32.6 Å². The number of carbonyl (C=O) groups is 1. The molecular formula is C11H24N2OS. The van der Waals surface area contributed by atoms with Gasteiger partial charge in [-0.25, -0.2) is 0 Å². The van der Waals surface area contributed by atoms with Crippen LogP contribution in [0.15, 0.2) is 0 Å². The molecule has 0 fully saturated rings. The van der Waals surface area contributed by atoms with Crippen molar-refractivity contribution < 1.29 is 4.79 Å². The smallest absolute Gasteiger partial charge is 0.216 e. The molecular weight excluding hydrogens is 208 g/mol. The molecule has 0 aromatic rings. The summed E-state index contributed by atoms with van der Waals surface area (Å²) in [5.74, 6) is 1.34. The van der Waals surface area contributed by atoms with Crippen molar-refractivity contribution in [3.63, 3.8) is 0 Å². The second kappa shape index (κ2) is 11.9. The van der Waals surface area contributed by atoms with Gasteiger partial charge in [-0.05, 0) is 31.4 Å². The second-order valence-electron chi connectivity index (χ2n) is 3.64. The maximum absolute atomic E-state index is 10.5. The lowest BCUT2D eigenvalue weighted by atomic mass is 10.2. The number of thioether (sulfide) groups is 1. The van der Waals surface area contributed by atoms with Gasteiger partial charge in [0.05, 0.1) is 0 Å². The van der Waals surface area contributed by atoms with Crippen LogP contribution < -0.4 is 10.6 Å². The van der Waals surface area contributed by atoms with Crippen LogP contribution in [0.2, 0.25) is 0 Å². The largest absolute Gasteiger partial charge is 0.355 e. The van der Waals surface area contributed by atoms with Crippen molar-refractivity contribution in [3.8, 4) is 0 Å². The van der Waals surface area contributed by atoms with Gasteiger partial charge in [0, 0.05) is 20.0 Å². The van der Waals surface area contributed by atoms with Crippen LogP contribution in [0.4, 0.5) is 0 Å². The topological polar surface area (TPSA) is 41.1 Å².